The number of pyridine rings is 1. The van der Waals surface area contributed by atoms with E-state index in [2.05, 4.69) is 9.97 Å². The first kappa shape index (κ1) is 11.3. The van der Waals surface area contributed by atoms with Crippen LogP contribution in [-0.4, -0.2) is 15.1 Å². The van der Waals surface area contributed by atoms with E-state index in [0.29, 0.717) is 0 Å². The Bertz CT molecular complexity index is 688. The van der Waals surface area contributed by atoms with Crippen LogP contribution in [0.3, 0.4) is 0 Å². The summed E-state index contributed by atoms with van der Waals surface area (Å²) < 4.78 is 0. The van der Waals surface area contributed by atoms with Gasteiger partial charge in [0.25, 0.3) is 0 Å². The SMILES string of the molecule is Cc1ncc(C(O)c2cccc3ccncc23)s1. The molecule has 0 aliphatic heterocycles. The van der Waals surface area contributed by atoms with E-state index in [4.69, 9.17) is 0 Å². The molecule has 3 aromatic rings. The highest BCUT2D eigenvalue weighted by molar-refractivity contribution is 7.11. The Morgan fingerprint density at radius 2 is 2.11 bits per heavy atom. The highest BCUT2D eigenvalue weighted by atomic mass is 32.1. The molecule has 0 fully saturated rings. The number of nitrogens with zero attached hydrogens (tertiary/aromatic N) is 2. The minimum absolute atomic E-state index is 0.635. The molecule has 3 rings (SSSR count). The molecule has 0 radical (unpaired) electrons. The molecule has 4 heteroatoms. The average molecular weight is 256 g/mol. The third kappa shape index (κ3) is 1.89. The molecule has 0 saturated heterocycles. The molecule has 3 nitrogen and oxygen atoms in total. The fourth-order valence-corrected chi connectivity index (χ4v) is 2.82. The normalized spacial score (nSPS) is 12.8. The van der Waals surface area contributed by atoms with Crippen LogP contribution in [0, 0.1) is 6.92 Å². The predicted octanol–water partition coefficient (Wildman–Crippen LogP) is 3.08. The van der Waals surface area contributed by atoms with Gasteiger partial charge in [-0.2, -0.15) is 0 Å². The van der Waals surface area contributed by atoms with Gasteiger partial charge in [0.2, 0.25) is 0 Å². The second kappa shape index (κ2) is 4.48. The number of aliphatic hydroxyl groups is 1. The molecule has 0 aliphatic carbocycles. The van der Waals surface area contributed by atoms with Crippen molar-refractivity contribution in [3.05, 3.63) is 58.3 Å². The monoisotopic (exact) mass is 256 g/mol. The predicted molar refractivity (Wildman–Crippen MR) is 72.7 cm³/mol. The summed E-state index contributed by atoms with van der Waals surface area (Å²) in [7, 11) is 0. The Hall–Kier alpha value is -1.78. The lowest BCUT2D eigenvalue weighted by atomic mass is 10.0. The standard InChI is InChI=1S/C14H12N2OS/c1-9-16-8-13(18-9)14(17)11-4-2-3-10-5-6-15-7-12(10)11/h2-8,14,17H,1H3. The van der Waals surface area contributed by atoms with Crippen LogP contribution in [0.15, 0.2) is 42.9 Å². The van der Waals surface area contributed by atoms with Gasteiger partial charge in [0.05, 0.1) is 9.88 Å². The molecule has 90 valence electrons. The summed E-state index contributed by atoms with van der Waals surface area (Å²) in [5.41, 5.74) is 0.879. The van der Waals surface area contributed by atoms with Crippen LogP contribution in [0.5, 0.6) is 0 Å². The van der Waals surface area contributed by atoms with E-state index >= 15 is 0 Å². The van der Waals surface area contributed by atoms with Crippen molar-refractivity contribution in [2.75, 3.05) is 0 Å². The minimum atomic E-state index is -0.635. The second-order valence-corrected chi connectivity index (χ2v) is 5.39. The van der Waals surface area contributed by atoms with Gasteiger partial charge in [-0.3, -0.25) is 4.98 Å². The summed E-state index contributed by atoms with van der Waals surface area (Å²) in [6, 6.07) is 7.85. The molecule has 0 amide bonds. The Morgan fingerprint density at radius 1 is 1.22 bits per heavy atom. The van der Waals surface area contributed by atoms with Crippen LogP contribution >= 0.6 is 11.3 Å². The third-order valence-electron chi connectivity index (χ3n) is 2.92. The summed E-state index contributed by atoms with van der Waals surface area (Å²) in [5, 5.41) is 13.5. The number of aliphatic hydroxyl groups excluding tert-OH is 1. The Morgan fingerprint density at radius 3 is 2.89 bits per heavy atom. The largest absolute Gasteiger partial charge is 0.383 e. The van der Waals surface area contributed by atoms with E-state index in [1.54, 1.807) is 18.6 Å². The third-order valence-corrected chi connectivity index (χ3v) is 3.89. The van der Waals surface area contributed by atoms with Gasteiger partial charge in [0.15, 0.2) is 0 Å². The summed E-state index contributed by atoms with van der Waals surface area (Å²) in [5.74, 6) is 0. The van der Waals surface area contributed by atoms with Crippen LogP contribution in [0.2, 0.25) is 0 Å². The molecule has 0 aliphatic rings. The van der Waals surface area contributed by atoms with Crippen LogP contribution < -0.4 is 0 Å². The van der Waals surface area contributed by atoms with Crippen molar-refractivity contribution >= 4 is 22.1 Å². The number of benzene rings is 1. The smallest absolute Gasteiger partial charge is 0.115 e. The number of hydrogen-bond acceptors (Lipinski definition) is 4. The van der Waals surface area contributed by atoms with Gasteiger partial charge >= 0.3 is 0 Å². The minimum Gasteiger partial charge on any atom is -0.383 e. The van der Waals surface area contributed by atoms with E-state index in [-0.39, 0.29) is 0 Å². The van der Waals surface area contributed by atoms with Crippen LogP contribution in [0.1, 0.15) is 21.6 Å². The van der Waals surface area contributed by atoms with Crippen molar-refractivity contribution in [1.82, 2.24) is 9.97 Å². The summed E-state index contributed by atoms with van der Waals surface area (Å²) in [6.45, 7) is 1.94. The summed E-state index contributed by atoms with van der Waals surface area (Å²) in [6.07, 6.45) is 4.65. The van der Waals surface area contributed by atoms with Gasteiger partial charge in [0.1, 0.15) is 6.10 Å². The lowest BCUT2D eigenvalue weighted by Gasteiger charge is -2.11. The number of fused-ring (bicyclic) bond motifs is 1. The number of aryl methyl sites for hydroxylation is 1. The van der Waals surface area contributed by atoms with Crippen LogP contribution in [0.25, 0.3) is 10.8 Å². The van der Waals surface area contributed by atoms with Crippen molar-refractivity contribution in [2.24, 2.45) is 0 Å². The molecule has 1 atom stereocenters. The summed E-state index contributed by atoms with van der Waals surface area (Å²) in [4.78, 5) is 9.18. The quantitative estimate of drug-likeness (QED) is 0.766. The van der Waals surface area contributed by atoms with Gasteiger partial charge in [0, 0.05) is 24.0 Å². The summed E-state index contributed by atoms with van der Waals surface area (Å²) >= 11 is 1.52. The second-order valence-electron chi connectivity index (χ2n) is 4.13. The molecule has 1 unspecified atom stereocenters. The number of hydrogen-bond donors (Lipinski definition) is 1. The molecule has 2 aromatic heterocycles. The number of thiazole rings is 1. The van der Waals surface area contributed by atoms with Crippen LogP contribution in [0.4, 0.5) is 0 Å². The maximum absolute atomic E-state index is 10.4. The van der Waals surface area contributed by atoms with E-state index in [1.807, 2.05) is 31.2 Å². The van der Waals surface area contributed by atoms with E-state index in [0.717, 1.165) is 26.2 Å². The molecular formula is C14H12N2OS. The van der Waals surface area contributed by atoms with Crippen LogP contribution in [-0.2, 0) is 0 Å². The van der Waals surface area contributed by atoms with Crippen molar-refractivity contribution in [3.8, 4) is 0 Å². The van der Waals surface area contributed by atoms with E-state index in [1.165, 1.54) is 11.3 Å². The lowest BCUT2D eigenvalue weighted by Crippen LogP contribution is -1.98. The van der Waals surface area contributed by atoms with Crippen molar-refractivity contribution in [1.29, 1.82) is 0 Å². The molecule has 0 bridgehead atoms. The maximum atomic E-state index is 10.4. The highest BCUT2D eigenvalue weighted by Gasteiger charge is 2.15. The fourth-order valence-electron chi connectivity index (χ4n) is 2.03. The topological polar surface area (TPSA) is 46.0 Å². The van der Waals surface area contributed by atoms with Crippen molar-refractivity contribution in [2.45, 2.75) is 13.0 Å². The van der Waals surface area contributed by atoms with Gasteiger partial charge in [-0.25, -0.2) is 4.98 Å². The first-order valence-electron chi connectivity index (χ1n) is 5.69. The van der Waals surface area contributed by atoms with Gasteiger partial charge in [-0.15, -0.1) is 11.3 Å². The molecule has 1 aromatic carbocycles. The Labute approximate surface area is 109 Å². The zero-order chi connectivity index (χ0) is 12.5. The van der Waals surface area contributed by atoms with Crippen molar-refractivity contribution in [3.63, 3.8) is 0 Å². The molecule has 0 saturated carbocycles. The van der Waals surface area contributed by atoms with E-state index < -0.39 is 6.10 Å². The Balaban J connectivity index is 2.14. The molecular weight excluding hydrogens is 244 g/mol. The first-order valence-corrected chi connectivity index (χ1v) is 6.50. The zero-order valence-corrected chi connectivity index (χ0v) is 10.7. The first-order chi connectivity index (χ1) is 8.75. The van der Waals surface area contributed by atoms with Crippen molar-refractivity contribution < 1.29 is 5.11 Å². The van der Waals surface area contributed by atoms with Gasteiger partial charge in [-0.05, 0) is 23.9 Å². The highest BCUT2D eigenvalue weighted by Crippen LogP contribution is 2.30. The average Bonchev–Trinajstić information content (AvgIpc) is 2.84. The number of aromatic nitrogens is 2. The zero-order valence-electron chi connectivity index (χ0n) is 9.87. The maximum Gasteiger partial charge on any atom is 0.115 e. The lowest BCUT2D eigenvalue weighted by molar-refractivity contribution is 0.225. The number of rotatable bonds is 2. The van der Waals surface area contributed by atoms with Gasteiger partial charge in [-0.1, -0.05) is 18.2 Å². The molecule has 2 heterocycles. The molecule has 0 spiro atoms. The fraction of sp³-hybridized carbons (Fsp3) is 0.143. The van der Waals surface area contributed by atoms with Gasteiger partial charge < -0.3 is 5.11 Å². The molecule has 1 N–H and O–H groups in total. The van der Waals surface area contributed by atoms with E-state index in [9.17, 15) is 5.11 Å². The molecule has 18 heavy (non-hydrogen) atoms. The Kier molecular flexibility index (Phi) is 2.81.